The number of ether oxygens (including phenoxy) is 1. The van der Waals surface area contributed by atoms with Gasteiger partial charge in [0.25, 0.3) is 0 Å². The molecule has 7 nitrogen and oxygen atoms in total. The molecule has 3 heterocycles. The van der Waals surface area contributed by atoms with Gasteiger partial charge in [0.05, 0.1) is 11.3 Å². The molecule has 0 atom stereocenters. The highest BCUT2D eigenvalue weighted by molar-refractivity contribution is 7.13. The van der Waals surface area contributed by atoms with E-state index in [0.717, 1.165) is 18.5 Å². The van der Waals surface area contributed by atoms with Gasteiger partial charge in [0.2, 0.25) is 11.8 Å². The Kier molecular flexibility index (Phi) is 4.49. The first-order valence-corrected chi connectivity index (χ1v) is 8.93. The molecule has 1 saturated heterocycles. The zero-order valence-electron chi connectivity index (χ0n) is 13.7. The molecule has 2 aliphatic rings. The van der Waals surface area contributed by atoms with Crippen LogP contribution >= 0.6 is 11.3 Å². The van der Waals surface area contributed by atoms with Crippen molar-refractivity contribution in [2.24, 2.45) is 5.73 Å². The van der Waals surface area contributed by atoms with Crippen molar-refractivity contribution in [1.29, 1.82) is 0 Å². The van der Waals surface area contributed by atoms with Crippen LogP contribution in [-0.4, -0.2) is 40.4 Å². The predicted molar refractivity (Wildman–Crippen MR) is 91.0 cm³/mol. The van der Waals surface area contributed by atoms with Crippen LogP contribution in [0.25, 0.3) is 0 Å². The molecule has 0 aromatic carbocycles. The van der Waals surface area contributed by atoms with E-state index in [2.05, 4.69) is 4.98 Å². The summed E-state index contributed by atoms with van der Waals surface area (Å²) < 4.78 is 5.94. The van der Waals surface area contributed by atoms with Crippen LogP contribution in [0.1, 0.15) is 38.3 Å². The number of nitrogen functional groups attached to an aromatic ring is 1. The maximum absolute atomic E-state index is 12.4. The molecule has 0 radical (unpaired) electrons. The number of rotatable bonds is 4. The quantitative estimate of drug-likeness (QED) is 0.847. The van der Waals surface area contributed by atoms with Crippen molar-refractivity contribution in [3.05, 3.63) is 22.4 Å². The number of amides is 2. The first kappa shape index (κ1) is 16.8. The fraction of sp³-hybridized carbons (Fsp3) is 0.562. The van der Waals surface area contributed by atoms with Crippen molar-refractivity contribution in [2.45, 2.75) is 44.6 Å². The summed E-state index contributed by atoms with van der Waals surface area (Å²) in [5.74, 6) is 0.336. The number of aryl methyl sites for hydroxylation is 1. The molecule has 24 heavy (non-hydrogen) atoms. The predicted octanol–water partition coefficient (Wildman–Crippen LogP) is 1.20. The third-order valence-corrected chi connectivity index (χ3v) is 5.51. The second-order valence-corrected chi connectivity index (χ2v) is 7.31. The Balaban J connectivity index is 1.50. The maximum Gasteiger partial charge on any atom is 0.248 e. The molecule has 0 aliphatic carbocycles. The molecular formula is C16H22N4O3S. The summed E-state index contributed by atoms with van der Waals surface area (Å²) >= 11 is 1.39. The van der Waals surface area contributed by atoms with Crippen LogP contribution in [0, 0.1) is 0 Å². The lowest BCUT2D eigenvalue weighted by molar-refractivity contribution is -0.135. The van der Waals surface area contributed by atoms with Crippen molar-refractivity contribution >= 4 is 28.3 Å². The van der Waals surface area contributed by atoms with E-state index in [1.165, 1.54) is 11.3 Å². The molecule has 0 saturated carbocycles. The first-order chi connectivity index (χ1) is 11.4. The lowest BCUT2D eigenvalue weighted by Gasteiger charge is -2.39. The summed E-state index contributed by atoms with van der Waals surface area (Å²) in [6.07, 6.45) is 3.03. The van der Waals surface area contributed by atoms with E-state index in [0.29, 0.717) is 48.8 Å². The molecule has 1 fully saturated rings. The van der Waals surface area contributed by atoms with E-state index < -0.39 is 5.91 Å². The van der Waals surface area contributed by atoms with Gasteiger partial charge in [-0.05, 0) is 13.3 Å². The summed E-state index contributed by atoms with van der Waals surface area (Å²) in [5, 5.41) is 2.42. The van der Waals surface area contributed by atoms with E-state index >= 15 is 0 Å². The molecule has 4 N–H and O–H groups in total. The van der Waals surface area contributed by atoms with Gasteiger partial charge in [0.1, 0.15) is 11.4 Å². The Morgan fingerprint density at radius 2 is 2.12 bits per heavy atom. The number of hydrogen-bond donors (Lipinski definition) is 2. The van der Waals surface area contributed by atoms with E-state index in [4.69, 9.17) is 16.2 Å². The van der Waals surface area contributed by atoms with Gasteiger partial charge in [-0.3, -0.25) is 9.59 Å². The Hall–Kier alpha value is -2.09. The van der Waals surface area contributed by atoms with Gasteiger partial charge in [-0.15, -0.1) is 11.3 Å². The molecule has 1 aromatic rings. The first-order valence-electron chi connectivity index (χ1n) is 8.05. The Bertz CT molecular complexity index is 689. The number of likely N-dealkylation sites (tertiary alicyclic amines) is 1. The zero-order valence-corrected chi connectivity index (χ0v) is 14.5. The van der Waals surface area contributed by atoms with Crippen LogP contribution in [0.4, 0.5) is 5.13 Å². The van der Waals surface area contributed by atoms with Crippen LogP contribution < -0.4 is 11.5 Å². The number of hydrogen-bond acceptors (Lipinski definition) is 6. The molecule has 1 spiro atoms. The average molecular weight is 350 g/mol. The lowest BCUT2D eigenvalue weighted by atomic mass is 9.86. The standard InChI is InChI=1S/C16H22N4O3S/c1-10-12(14(17)22)8-16(23-10)4-6-20(7-5-16)13(21)3-2-11-9-24-15(18)19-11/h9H,2-8H2,1H3,(H2,17,22)(H2,18,19). The third kappa shape index (κ3) is 3.38. The number of aromatic nitrogens is 1. The number of anilines is 1. The number of allylic oxidation sites excluding steroid dienone is 1. The van der Waals surface area contributed by atoms with Gasteiger partial charge >= 0.3 is 0 Å². The lowest BCUT2D eigenvalue weighted by Crippen LogP contribution is -2.46. The summed E-state index contributed by atoms with van der Waals surface area (Å²) in [7, 11) is 0. The molecule has 3 rings (SSSR count). The normalized spacial score (nSPS) is 19.6. The highest BCUT2D eigenvalue weighted by Crippen LogP contribution is 2.41. The molecular weight excluding hydrogens is 328 g/mol. The number of primary amides is 1. The van der Waals surface area contributed by atoms with Gasteiger partial charge in [-0.1, -0.05) is 0 Å². The highest BCUT2D eigenvalue weighted by Gasteiger charge is 2.44. The molecule has 2 aliphatic heterocycles. The Labute approximate surface area is 144 Å². The monoisotopic (exact) mass is 350 g/mol. The minimum Gasteiger partial charge on any atom is -0.491 e. The zero-order chi connectivity index (χ0) is 17.3. The number of nitrogens with two attached hydrogens (primary N) is 2. The van der Waals surface area contributed by atoms with E-state index in [-0.39, 0.29) is 11.5 Å². The fourth-order valence-corrected chi connectivity index (χ4v) is 4.00. The minimum atomic E-state index is -0.412. The number of piperidine rings is 1. The SMILES string of the molecule is CC1=C(C(N)=O)CC2(CCN(C(=O)CCc3csc(N)n3)CC2)O1. The minimum absolute atomic E-state index is 0.120. The summed E-state index contributed by atoms with van der Waals surface area (Å²) in [6.45, 7) is 3.06. The molecule has 2 amide bonds. The third-order valence-electron chi connectivity index (χ3n) is 4.78. The van der Waals surface area contributed by atoms with Crippen molar-refractivity contribution in [1.82, 2.24) is 9.88 Å². The maximum atomic E-state index is 12.4. The van der Waals surface area contributed by atoms with Gasteiger partial charge in [0, 0.05) is 44.2 Å². The molecule has 0 unspecified atom stereocenters. The second-order valence-electron chi connectivity index (χ2n) is 6.42. The Morgan fingerprint density at radius 3 is 2.67 bits per heavy atom. The number of thiazole rings is 1. The van der Waals surface area contributed by atoms with Gasteiger partial charge in [-0.25, -0.2) is 4.98 Å². The fourth-order valence-electron chi connectivity index (χ4n) is 3.40. The average Bonchev–Trinajstić information content (AvgIpc) is 3.09. The van der Waals surface area contributed by atoms with Crippen LogP contribution in [0.3, 0.4) is 0 Å². The van der Waals surface area contributed by atoms with Crippen molar-refractivity contribution < 1.29 is 14.3 Å². The van der Waals surface area contributed by atoms with Gasteiger partial charge in [-0.2, -0.15) is 0 Å². The molecule has 1 aromatic heterocycles. The van der Waals surface area contributed by atoms with Gasteiger partial charge in [0.15, 0.2) is 5.13 Å². The smallest absolute Gasteiger partial charge is 0.248 e. The molecule has 130 valence electrons. The summed E-state index contributed by atoms with van der Waals surface area (Å²) in [5.41, 5.74) is 12.1. The molecule has 8 heteroatoms. The Morgan fingerprint density at radius 1 is 1.42 bits per heavy atom. The van der Waals surface area contributed by atoms with Crippen LogP contribution in [0.5, 0.6) is 0 Å². The van der Waals surface area contributed by atoms with Crippen molar-refractivity contribution in [3.63, 3.8) is 0 Å². The van der Waals surface area contributed by atoms with Crippen molar-refractivity contribution in [2.75, 3.05) is 18.8 Å². The second kappa shape index (κ2) is 6.43. The summed E-state index contributed by atoms with van der Waals surface area (Å²) in [6, 6.07) is 0. The van der Waals surface area contributed by atoms with Crippen molar-refractivity contribution in [3.8, 4) is 0 Å². The largest absolute Gasteiger partial charge is 0.491 e. The number of nitrogens with zero attached hydrogens (tertiary/aromatic N) is 2. The van der Waals surface area contributed by atoms with E-state index in [9.17, 15) is 9.59 Å². The highest BCUT2D eigenvalue weighted by atomic mass is 32.1. The van der Waals surface area contributed by atoms with Crippen LogP contribution in [0.15, 0.2) is 16.7 Å². The van der Waals surface area contributed by atoms with E-state index in [1.54, 1.807) is 6.92 Å². The number of carbonyl (C=O) groups is 2. The van der Waals surface area contributed by atoms with E-state index in [1.807, 2.05) is 10.3 Å². The van der Waals surface area contributed by atoms with Gasteiger partial charge < -0.3 is 21.1 Å². The number of carbonyl (C=O) groups excluding carboxylic acids is 2. The van der Waals surface area contributed by atoms with Crippen LogP contribution in [-0.2, 0) is 20.7 Å². The topological polar surface area (TPSA) is 112 Å². The van der Waals surface area contributed by atoms with Crippen LogP contribution in [0.2, 0.25) is 0 Å². The molecule has 0 bridgehead atoms. The summed E-state index contributed by atoms with van der Waals surface area (Å²) in [4.78, 5) is 29.8.